The first-order valence-corrected chi connectivity index (χ1v) is 7.11. The number of pyridine rings is 1. The van der Waals surface area contributed by atoms with Gasteiger partial charge in [0.1, 0.15) is 5.75 Å². The second-order valence-electron chi connectivity index (χ2n) is 5.31. The van der Waals surface area contributed by atoms with Crippen molar-refractivity contribution in [3.8, 4) is 5.75 Å². The first-order valence-electron chi connectivity index (χ1n) is 7.11. The summed E-state index contributed by atoms with van der Waals surface area (Å²) in [6.07, 6.45) is 3.61. The molecule has 1 aromatic heterocycles. The quantitative estimate of drug-likeness (QED) is 0.886. The predicted molar refractivity (Wildman–Crippen MR) is 85.1 cm³/mol. The lowest BCUT2D eigenvalue weighted by Crippen LogP contribution is -2.37. The van der Waals surface area contributed by atoms with Gasteiger partial charge in [-0.05, 0) is 37.7 Å². The van der Waals surface area contributed by atoms with Crippen molar-refractivity contribution in [1.82, 2.24) is 9.88 Å². The fourth-order valence-corrected chi connectivity index (χ4v) is 2.72. The molecule has 0 bridgehead atoms. The molecule has 2 rings (SSSR count). The molecule has 0 aliphatic carbocycles. The van der Waals surface area contributed by atoms with Gasteiger partial charge in [-0.15, -0.1) is 0 Å². The number of hydrogen-bond donors (Lipinski definition) is 1. The molecule has 0 saturated carbocycles. The van der Waals surface area contributed by atoms with Gasteiger partial charge < -0.3 is 10.5 Å². The lowest BCUT2D eigenvalue weighted by atomic mass is 10.00. The number of para-hydroxylation sites is 1. The zero-order valence-corrected chi connectivity index (χ0v) is 12.9. The van der Waals surface area contributed by atoms with Gasteiger partial charge in [0.25, 0.3) is 0 Å². The zero-order valence-electron chi connectivity index (χ0n) is 12.9. The van der Waals surface area contributed by atoms with Gasteiger partial charge in [-0.25, -0.2) is 0 Å². The third-order valence-electron chi connectivity index (χ3n) is 3.63. The lowest BCUT2D eigenvalue weighted by molar-refractivity contribution is 0.208. The highest BCUT2D eigenvalue weighted by atomic mass is 16.5. The fraction of sp³-hybridized carbons (Fsp3) is 0.353. The molecule has 1 aromatic carbocycles. The van der Waals surface area contributed by atoms with Crippen molar-refractivity contribution in [2.75, 3.05) is 14.2 Å². The van der Waals surface area contributed by atoms with Crippen LogP contribution in [0.3, 0.4) is 0 Å². The number of hydrogen-bond acceptors (Lipinski definition) is 4. The van der Waals surface area contributed by atoms with Crippen molar-refractivity contribution in [2.24, 2.45) is 5.73 Å². The van der Waals surface area contributed by atoms with Crippen LogP contribution in [0.2, 0.25) is 0 Å². The highest BCUT2D eigenvalue weighted by Gasteiger charge is 2.22. The Labute approximate surface area is 126 Å². The van der Waals surface area contributed by atoms with Crippen molar-refractivity contribution in [3.05, 3.63) is 59.9 Å². The van der Waals surface area contributed by atoms with Gasteiger partial charge in [0.05, 0.1) is 7.11 Å². The molecule has 0 radical (unpaired) electrons. The van der Waals surface area contributed by atoms with Gasteiger partial charge >= 0.3 is 0 Å². The van der Waals surface area contributed by atoms with Crippen molar-refractivity contribution in [2.45, 2.75) is 25.6 Å². The molecule has 0 spiro atoms. The Morgan fingerprint density at radius 1 is 1.19 bits per heavy atom. The van der Waals surface area contributed by atoms with Crippen LogP contribution in [-0.4, -0.2) is 30.1 Å². The van der Waals surface area contributed by atoms with E-state index in [1.165, 1.54) is 5.56 Å². The summed E-state index contributed by atoms with van der Waals surface area (Å²) in [6, 6.07) is 12.3. The van der Waals surface area contributed by atoms with Gasteiger partial charge in [0, 0.05) is 36.6 Å². The van der Waals surface area contributed by atoms with E-state index in [4.69, 9.17) is 10.5 Å². The highest BCUT2D eigenvalue weighted by molar-refractivity contribution is 5.33. The molecule has 21 heavy (non-hydrogen) atoms. The Balaban J connectivity index is 2.22. The third kappa shape index (κ3) is 3.80. The van der Waals surface area contributed by atoms with Crippen LogP contribution < -0.4 is 10.5 Å². The summed E-state index contributed by atoms with van der Waals surface area (Å²) in [5.41, 5.74) is 8.53. The average molecular weight is 285 g/mol. The van der Waals surface area contributed by atoms with E-state index in [0.717, 1.165) is 17.9 Å². The topological polar surface area (TPSA) is 51.4 Å². The molecular weight excluding hydrogens is 262 g/mol. The van der Waals surface area contributed by atoms with Gasteiger partial charge in [0.2, 0.25) is 0 Å². The molecule has 0 fully saturated rings. The van der Waals surface area contributed by atoms with Crippen molar-refractivity contribution >= 4 is 0 Å². The van der Waals surface area contributed by atoms with E-state index >= 15 is 0 Å². The molecule has 2 atom stereocenters. The molecule has 0 saturated heterocycles. The van der Waals surface area contributed by atoms with Crippen molar-refractivity contribution in [1.29, 1.82) is 0 Å². The maximum absolute atomic E-state index is 6.20. The third-order valence-corrected chi connectivity index (χ3v) is 3.63. The number of nitrogens with zero attached hydrogens (tertiary/aromatic N) is 2. The number of methoxy groups -OCH3 is 1. The minimum atomic E-state index is 0.0205. The molecule has 0 aliphatic heterocycles. The minimum absolute atomic E-state index is 0.0205. The molecular formula is C17H23N3O. The molecule has 0 aliphatic rings. The van der Waals surface area contributed by atoms with E-state index in [0.29, 0.717) is 0 Å². The molecule has 2 N–H and O–H groups in total. The Morgan fingerprint density at radius 2 is 1.86 bits per heavy atom. The van der Waals surface area contributed by atoms with E-state index in [2.05, 4.69) is 23.0 Å². The Kier molecular flexibility index (Phi) is 5.31. The predicted octanol–water partition coefficient (Wildman–Crippen LogP) is 2.61. The molecule has 0 amide bonds. The number of aromatic nitrogens is 1. The summed E-state index contributed by atoms with van der Waals surface area (Å²) >= 11 is 0. The minimum Gasteiger partial charge on any atom is -0.496 e. The van der Waals surface area contributed by atoms with Crippen LogP contribution in [0.5, 0.6) is 5.75 Å². The molecule has 112 valence electrons. The van der Waals surface area contributed by atoms with Crippen LogP contribution in [0.25, 0.3) is 0 Å². The zero-order chi connectivity index (χ0) is 15.2. The Bertz CT molecular complexity index is 557. The van der Waals surface area contributed by atoms with Crippen LogP contribution in [0, 0.1) is 0 Å². The van der Waals surface area contributed by atoms with Crippen LogP contribution in [-0.2, 0) is 6.54 Å². The first-order chi connectivity index (χ1) is 10.1. The van der Waals surface area contributed by atoms with E-state index in [9.17, 15) is 0 Å². The van der Waals surface area contributed by atoms with Crippen LogP contribution in [0.15, 0.2) is 48.8 Å². The molecule has 2 aromatic rings. The average Bonchev–Trinajstić information content (AvgIpc) is 2.48. The second-order valence-corrected chi connectivity index (χ2v) is 5.31. The number of ether oxygens (including phenoxy) is 1. The first kappa shape index (κ1) is 15.5. The van der Waals surface area contributed by atoms with Crippen molar-refractivity contribution < 1.29 is 4.74 Å². The maximum atomic E-state index is 6.20. The normalized spacial score (nSPS) is 14.0. The largest absolute Gasteiger partial charge is 0.496 e. The van der Waals surface area contributed by atoms with Crippen LogP contribution >= 0.6 is 0 Å². The standard InChI is InChI=1S/C17H23N3O/c1-13(18)17(14-8-10-19-11-9-14)20(2)12-15-6-4-5-7-16(15)21-3/h4-11,13,17H,12,18H2,1-3H3. The molecule has 2 unspecified atom stereocenters. The molecule has 4 nitrogen and oxygen atoms in total. The summed E-state index contributed by atoms with van der Waals surface area (Å²) < 4.78 is 5.42. The maximum Gasteiger partial charge on any atom is 0.123 e. The monoisotopic (exact) mass is 285 g/mol. The van der Waals surface area contributed by atoms with Crippen LogP contribution in [0.1, 0.15) is 24.1 Å². The van der Waals surface area contributed by atoms with E-state index in [1.54, 1.807) is 7.11 Å². The molecule has 4 heteroatoms. The van der Waals surface area contributed by atoms with Gasteiger partial charge in [-0.1, -0.05) is 18.2 Å². The fourth-order valence-electron chi connectivity index (χ4n) is 2.72. The summed E-state index contributed by atoms with van der Waals surface area (Å²) in [5.74, 6) is 0.905. The van der Waals surface area contributed by atoms with Gasteiger partial charge in [0.15, 0.2) is 0 Å². The Morgan fingerprint density at radius 3 is 2.48 bits per heavy atom. The van der Waals surface area contributed by atoms with Gasteiger partial charge in [-0.3, -0.25) is 9.88 Å². The second kappa shape index (κ2) is 7.20. The van der Waals surface area contributed by atoms with E-state index in [-0.39, 0.29) is 12.1 Å². The highest BCUT2D eigenvalue weighted by Crippen LogP contribution is 2.26. The summed E-state index contributed by atoms with van der Waals surface area (Å²) in [7, 11) is 3.78. The van der Waals surface area contributed by atoms with E-state index in [1.807, 2.05) is 49.6 Å². The lowest BCUT2D eigenvalue weighted by Gasteiger charge is -2.31. The molecule has 1 heterocycles. The summed E-state index contributed by atoms with van der Waals surface area (Å²) in [4.78, 5) is 6.33. The number of rotatable bonds is 6. The number of benzene rings is 1. The van der Waals surface area contributed by atoms with E-state index < -0.39 is 0 Å². The number of nitrogens with two attached hydrogens (primary N) is 1. The van der Waals surface area contributed by atoms with Gasteiger partial charge in [-0.2, -0.15) is 0 Å². The Hall–Kier alpha value is -1.91. The van der Waals surface area contributed by atoms with Crippen molar-refractivity contribution in [3.63, 3.8) is 0 Å². The SMILES string of the molecule is COc1ccccc1CN(C)C(c1ccncc1)C(C)N. The van der Waals surface area contributed by atoms with Crippen LogP contribution in [0.4, 0.5) is 0 Å². The summed E-state index contributed by atoms with van der Waals surface area (Å²) in [5, 5.41) is 0. The number of likely N-dealkylation sites (N-methyl/N-ethyl adjacent to an activating group) is 1. The summed E-state index contributed by atoms with van der Waals surface area (Å²) in [6.45, 7) is 2.81. The smallest absolute Gasteiger partial charge is 0.123 e.